The molecule has 1 atom stereocenters. The Morgan fingerprint density at radius 2 is 1.71 bits per heavy atom. The third kappa shape index (κ3) is 4.55. The van der Waals surface area contributed by atoms with E-state index in [4.69, 9.17) is 0 Å². The fourth-order valence-corrected chi connectivity index (χ4v) is 4.43. The van der Waals surface area contributed by atoms with E-state index >= 15 is 0 Å². The Hall–Kier alpha value is -2.96. The summed E-state index contributed by atoms with van der Waals surface area (Å²) in [6.07, 6.45) is 3.50. The Kier molecular flexibility index (Phi) is 6.49. The number of piperazine rings is 1. The maximum absolute atomic E-state index is 13.7. The summed E-state index contributed by atoms with van der Waals surface area (Å²) < 4.78 is 1.76. The second-order valence-corrected chi connectivity index (χ2v) is 8.11. The van der Waals surface area contributed by atoms with Crippen LogP contribution in [0.2, 0.25) is 0 Å². The van der Waals surface area contributed by atoms with Gasteiger partial charge >= 0.3 is 0 Å². The predicted molar refractivity (Wildman–Crippen MR) is 122 cm³/mol. The van der Waals surface area contributed by atoms with Gasteiger partial charge in [-0.3, -0.25) is 14.7 Å². The highest BCUT2D eigenvalue weighted by Gasteiger charge is 2.31. The summed E-state index contributed by atoms with van der Waals surface area (Å²) in [6, 6.07) is 15.2. The summed E-state index contributed by atoms with van der Waals surface area (Å²) in [6.45, 7) is 9.11. The SMILES string of the molecule is CCN1CCN(C(c2ccncc2)c2c(O)cc(C)n(Cc3ccccc3)c2=O)CC1. The normalized spacial score (nSPS) is 16.3. The second-order valence-electron chi connectivity index (χ2n) is 8.11. The fourth-order valence-electron chi connectivity index (χ4n) is 4.43. The molecule has 1 aromatic carbocycles. The number of rotatable bonds is 6. The molecule has 0 amide bonds. The maximum atomic E-state index is 13.7. The topological polar surface area (TPSA) is 61.6 Å². The number of hydrogen-bond acceptors (Lipinski definition) is 5. The van der Waals surface area contributed by atoms with Crippen LogP contribution in [0.4, 0.5) is 0 Å². The van der Waals surface area contributed by atoms with Gasteiger partial charge in [0.15, 0.2) is 0 Å². The molecule has 31 heavy (non-hydrogen) atoms. The van der Waals surface area contributed by atoms with E-state index in [1.54, 1.807) is 23.0 Å². The molecule has 3 aromatic rings. The zero-order valence-electron chi connectivity index (χ0n) is 18.2. The molecule has 2 aromatic heterocycles. The van der Waals surface area contributed by atoms with Gasteiger partial charge in [0.2, 0.25) is 0 Å². The molecular weight excluding hydrogens is 388 g/mol. The number of nitrogens with zero attached hydrogens (tertiary/aromatic N) is 4. The van der Waals surface area contributed by atoms with Crippen LogP contribution in [-0.2, 0) is 6.54 Å². The predicted octanol–water partition coefficient (Wildman–Crippen LogP) is 3.03. The summed E-state index contributed by atoms with van der Waals surface area (Å²) >= 11 is 0. The molecular formula is C25H30N4O2. The van der Waals surface area contributed by atoms with E-state index in [0.717, 1.165) is 49.5 Å². The molecule has 1 aliphatic heterocycles. The van der Waals surface area contributed by atoms with Crippen molar-refractivity contribution in [2.45, 2.75) is 26.4 Å². The number of aromatic nitrogens is 2. The first-order chi connectivity index (χ1) is 15.1. The van der Waals surface area contributed by atoms with Crippen LogP contribution in [0, 0.1) is 6.92 Å². The summed E-state index contributed by atoms with van der Waals surface area (Å²) in [4.78, 5) is 22.6. The lowest BCUT2D eigenvalue weighted by Crippen LogP contribution is -2.48. The highest BCUT2D eigenvalue weighted by Crippen LogP contribution is 2.33. The Bertz CT molecular complexity index is 1060. The molecule has 6 nitrogen and oxygen atoms in total. The van der Waals surface area contributed by atoms with Crippen molar-refractivity contribution in [1.29, 1.82) is 0 Å². The van der Waals surface area contributed by atoms with Crippen molar-refractivity contribution in [3.05, 3.63) is 93.7 Å². The van der Waals surface area contributed by atoms with Gasteiger partial charge in [0.1, 0.15) is 5.75 Å². The number of aryl methyl sites for hydroxylation is 1. The summed E-state index contributed by atoms with van der Waals surface area (Å²) in [7, 11) is 0. The molecule has 1 fully saturated rings. The molecule has 1 saturated heterocycles. The number of hydrogen-bond donors (Lipinski definition) is 1. The third-order valence-electron chi connectivity index (χ3n) is 6.22. The van der Waals surface area contributed by atoms with Gasteiger partial charge in [-0.25, -0.2) is 0 Å². The van der Waals surface area contributed by atoms with Crippen molar-refractivity contribution in [2.75, 3.05) is 32.7 Å². The Labute approximate surface area is 183 Å². The van der Waals surface area contributed by atoms with Crippen LogP contribution in [-0.4, -0.2) is 57.2 Å². The quantitative estimate of drug-likeness (QED) is 0.667. The lowest BCUT2D eigenvalue weighted by molar-refractivity contribution is 0.111. The third-order valence-corrected chi connectivity index (χ3v) is 6.22. The van der Waals surface area contributed by atoms with Crippen LogP contribution in [0.1, 0.15) is 35.3 Å². The van der Waals surface area contributed by atoms with E-state index in [9.17, 15) is 9.90 Å². The lowest BCUT2D eigenvalue weighted by Gasteiger charge is -2.39. The number of pyridine rings is 2. The van der Waals surface area contributed by atoms with Crippen molar-refractivity contribution in [3.63, 3.8) is 0 Å². The highest BCUT2D eigenvalue weighted by atomic mass is 16.3. The lowest BCUT2D eigenvalue weighted by atomic mass is 9.96. The van der Waals surface area contributed by atoms with Gasteiger partial charge in [-0.15, -0.1) is 0 Å². The van der Waals surface area contributed by atoms with Crippen LogP contribution in [0.15, 0.2) is 65.7 Å². The van der Waals surface area contributed by atoms with Gasteiger partial charge in [0.05, 0.1) is 18.2 Å². The van der Waals surface area contributed by atoms with Gasteiger partial charge in [-0.1, -0.05) is 37.3 Å². The first-order valence-electron chi connectivity index (χ1n) is 10.9. The van der Waals surface area contributed by atoms with E-state index in [1.807, 2.05) is 49.4 Å². The smallest absolute Gasteiger partial charge is 0.259 e. The molecule has 162 valence electrons. The van der Waals surface area contributed by atoms with E-state index in [0.29, 0.717) is 12.1 Å². The van der Waals surface area contributed by atoms with E-state index in [2.05, 4.69) is 21.7 Å². The summed E-state index contributed by atoms with van der Waals surface area (Å²) in [5.41, 5.74) is 3.09. The molecule has 0 aliphatic carbocycles. The minimum Gasteiger partial charge on any atom is -0.507 e. The van der Waals surface area contributed by atoms with Gasteiger partial charge in [-0.05, 0) is 42.8 Å². The van der Waals surface area contributed by atoms with Crippen LogP contribution in [0.25, 0.3) is 0 Å². The average molecular weight is 419 g/mol. The van der Waals surface area contributed by atoms with Crippen molar-refractivity contribution in [2.24, 2.45) is 0 Å². The van der Waals surface area contributed by atoms with E-state index < -0.39 is 0 Å². The van der Waals surface area contributed by atoms with E-state index in [-0.39, 0.29) is 17.4 Å². The van der Waals surface area contributed by atoms with E-state index in [1.165, 1.54) is 0 Å². The molecule has 0 spiro atoms. The zero-order valence-corrected chi connectivity index (χ0v) is 18.2. The van der Waals surface area contributed by atoms with Crippen LogP contribution < -0.4 is 5.56 Å². The molecule has 4 rings (SSSR count). The van der Waals surface area contributed by atoms with Gasteiger partial charge in [0.25, 0.3) is 5.56 Å². The molecule has 1 unspecified atom stereocenters. The zero-order chi connectivity index (χ0) is 21.8. The van der Waals surface area contributed by atoms with Gasteiger partial charge in [-0.2, -0.15) is 0 Å². The van der Waals surface area contributed by atoms with Crippen LogP contribution in [0.3, 0.4) is 0 Å². The van der Waals surface area contributed by atoms with Gasteiger partial charge < -0.3 is 14.6 Å². The van der Waals surface area contributed by atoms with Crippen molar-refractivity contribution >= 4 is 0 Å². The van der Waals surface area contributed by atoms with Crippen molar-refractivity contribution in [1.82, 2.24) is 19.4 Å². The van der Waals surface area contributed by atoms with Crippen molar-refractivity contribution in [3.8, 4) is 5.75 Å². The molecule has 0 bridgehead atoms. The van der Waals surface area contributed by atoms with Crippen molar-refractivity contribution < 1.29 is 5.11 Å². The molecule has 3 heterocycles. The monoisotopic (exact) mass is 418 g/mol. The second kappa shape index (κ2) is 9.45. The van der Waals surface area contributed by atoms with Crippen LogP contribution in [0.5, 0.6) is 5.75 Å². The minimum absolute atomic E-state index is 0.0616. The summed E-state index contributed by atoms with van der Waals surface area (Å²) in [5, 5.41) is 11.0. The molecule has 6 heteroatoms. The summed E-state index contributed by atoms with van der Waals surface area (Å²) in [5.74, 6) is 0.0616. The Morgan fingerprint density at radius 1 is 1.03 bits per heavy atom. The minimum atomic E-state index is -0.308. The number of likely N-dealkylation sites (N-methyl/N-ethyl adjacent to an activating group) is 1. The Morgan fingerprint density at radius 3 is 2.35 bits per heavy atom. The van der Waals surface area contributed by atoms with Gasteiger partial charge in [0, 0.05) is 44.3 Å². The first kappa shape index (κ1) is 21.3. The Balaban J connectivity index is 1.79. The molecule has 1 aliphatic rings. The highest BCUT2D eigenvalue weighted by molar-refractivity contribution is 5.41. The standard InChI is InChI=1S/C25H30N4O2/c1-3-27-13-15-28(16-14-27)24(21-9-11-26-12-10-21)23-22(30)17-19(2)29(25(23)31)18-20-7-5-4-6-8-20/h4-12,17,24,30H,3,13-16,18H2,1-2H3. The average Bonchev–Trinajstić information content (AvgIpc) is 2.81. The first-order valence-corrected chi connectivity index (χ1v) is 10.9. The largest absolute Gasteiger partial charge is 0.507 e. The fraction of sp³-hybridized carbons (Fsp3) is 0.360. The number of benzene rings is 1. The van der Waals surface area contributed by atoms with Crippen LogP contribution >= 0.6 is 0 Å². The maximum Gasteiger partial charge on any atom is 0.259 e. The molecule has 1 N–H and O–H groups in total. The molecule has 0 saturated carbocycles. The number of aromatic hydroxyl groups is 1. The molecule has 0 radical (unpaired) electrons.